The van der Waals surface area contributed by atoms with Gasteiger partial charge in [-0.25, -0.2) is 0 Å². The second-order valence-electron chi connectivity index (χ2n) is 6.25. The first-order valence-electron chi connectivity index (χ1n) is 8.47. The molecule has 1 heterocycles. The van der Waals surface area contributed by atoms with Crippen molar-refractivity contribution in [2.45, 2.75) is 32.5 Å². The van der Waals surface area contributed by atoms with Crippen molar-refractivity contribution in [3.05, 3.63) is 71.0 Å². The summed E-state index contributed by atoms with van der Waals surface area (Å²) in [5, 5.41) is 12.0. The van der Waals surface area contributed by atoms with Gasteiger partial charge in [0.2, 0.25) is 5.91 Å². The van der Waals surface area contributed by atoms with Crippen molar-refractivity contribution in [1.29, 1.82) is 0 Å². The van der Waals surface area contributed by atoms with Gasteiger partial charge in [0, 0.05) is 12.2 Å². The fourth-order valence-electron chi connectivity index (χ4n) is 2.52. The Labute approximate surface area is 157 Å². The minimum Gasteiger partial charge on any atom is -0.351 e. The summed E-state index contributed by atoms with van der Waals surface area (Å²) in [6.45, 7) is 6.54. The monoisotopic (exact) mass is 366 g/mol. The van der Waals surface area contributed by atoms with E-state index < -0.39 is 0 Å². The largest absolute Gasteiger partial charge is 0.351 e. The van der Waals surface area contributed by atoms with Crippen LogP contribution >= 0.6 is 11.8 Å². The molecular weight excluding hydrogens is 344 g/mol. The van der Waals surface area contributed by atoms with Crippen LogP contribution in [0.4, 0.5) is 0 Å². The van der Waals surface area contributed by atoms with E-state index in [2.05, 4.69) is 34.6 Å². The molecule has 0 spiro atoms. The number of aryl methyl sites for hydroxylation is 3. The lowest BCUT2D eigenvalue weighted by Crippen LogP contribution is -2.24. The van der Waals surface area contributed by atoms with Gasteiger partial charge in [-0.3, -0.25) is 9.36 Å². The number of benzene rings is 2. The SMILES string of the molecule is Cc1ccc(CNC(=O)CSc2nnc(C)n2-c2ccc(C)cc2)cc1. The minimum absolute atomic E-state index is 0.0216. The van der Waals surface area contributed by atoms with Crippen LogP contribution in [0.15, 0.2) is 53.7 Å². The summed E-state index contributed by atoms with van der Waals surface area (Å²) in [6.07, 6.45) is 0. The highest BCUT2D eigenvalue weighted by Gasteiger charge is 2.13. The van der Waals surface area contributed by atoms with E-state index in [0.29, 0.717) is 12.3 Å². The average molecular weight is 366 g/mol. The summed E-state index contributed by atoms with van der Waals surface area (Å²) >= 11 is 1.39. The normalized spacial score (nSPS) is 10.7. The molecule has 0 aliphatic carbocycles. The van der Waals surface area contributed by atoms with Crippen LogP contribution in [0.2, 0.25) is 0 Å². The molecule has 26 heavy (non-hydrogen) atoms. The maximum atomic E-state index is 12.2. The molecule has 0 atom stereocenters. The average Bonchev–Trinajstić information content (AvgIpc) is 3.01. The van der Waals surface area contributed by atoms with Crippen LogP contribution in [-0.2, 0) is 11.3 Å². The third kappa shape index (κ3) is 4.52. The lowest BCUT2D eigenvalue weighted by Gasteiger charge is -2.09. The molecule has 134 valence electrons. The summed E-state index contributed by atoms with van der Waals surface area (Å²) < 4.78 is 1.97. The van der Waals surface area contributed by atoms with Crippen LogP contribution in [-0.4, -0.2) is 26.4 Å². The van der Waals surface area contributed by atoms with Crippen molar-refractivity contribution in [2.75, 3.05) is 5.75 Å². The molecule has 0 unspecified atom stereocenters. The number of nitrogens with one attached hydrogen (secondary N) is 1. The molecule has 1 aromatic heterocycles. The third-order valence-corrected chi connectivity index (χ3v) is 4.96. The van der Waals surface area contributed by atoms with Crippen LogP contribution in [0.5, 0.6) is 0 Å². The zero-order valence-electron chi connectivity index (χ0n) is 15.2. The molecule has 3 rings (SSSR count). The number of hydrogen-bond donors (Lipinski definition) is 1. The van der Waals surface area contributed by atoms with Crippen LogP contribution in [0, 0.1) is 20.8 Å². The summed E-state index contributed by atoms with van der Waals surface area (Å²) in [4.78, 5) is 12.2. The summed E-state index contributed by atoms with van der Waals surface area (Å²) in [6, 6.07) is 16.3. The molecule has 0 aliphatic rings. The first-order chi connectivity index (χ1) is 12.5. The Morgan fingerprint density at radius 3 is 2.23 bits per heavy atom. The number of aromatic nitrogens is 3. The lowest BCUT2D eigenvalue weighted by atomic mass is 10.1. The highest BCUT2D eigenvalue weighted by molar-refractivity contribution is 7.99. The van der Waals surface area contributed by atoms with E-state index >= 15 is 0 Å². The highest BCUT2D eigenvalue weighted by Crippen LogP contribution is 2.22. The van der Waals surface area contributed by atoms with Crippen LogP contribution in [0.1, 0.15) is 22.5 Å². The quantitative estimate of drug-likeness (QED) is 0.677. The van der Waals surface area contributed by atoms with E-state index in [-0.39, 0.29) is 5.91 Å². The number of thioether (sulfide) groups is 1. The molecule has 0 fully saturated rings. The fraction of sp³-hybridized carbons (Fsp3) is 0.250. The number of carbonyl (C=O) groups is 1. The molecule has 0 bridgehead atoms. The smallest absolute Gasteiger partial charge is 0.230 e. The van der Waals surface area contributed by atoms with Gasteiger partial charge in [-0.15, -0.1) is 10.2 Å². The molecule has 6 heteroatoms. The molecule has 3 aromatic rings. The van der Waals surface area contributed by atoms with Gasteiger partial charge in [0.15, 0.2) is 5.16 Å². The summed E-state index contributed by atoms with van der Waals surface area (Å²) in [7, 11) is 0. The van der Waals surface area contributed by atoms with Gasteiger partial charge in [-0.1, -0.05) is 59.3 Å². The van der Waals surface area contributed by atoms with Crippen molar-refractivity contribution >= 4 is 17.7 Å². The maximum Gasteiger partial charge on any atom is 0.230 e. The van der Waals surface area contributed by atoms with Gasteiger partial charge >= 0.3 is 0 Å². The molecule has 0 aliphatic heterocycles. The minimum atomic E-state index is -0.0216. The highest BCUT2D eigenvalue weighted by atomic mass is 32.2. The summed E-state index contributed by atoms with van der Waals surface area (Å²) in [5.41, 5.74) is 4.50. The van der Waals surface area contributed by atoms with Crippen molar-refractivity contribution in [3.63, 3.8) is 0 Å². The van der Waals surface area contributed by atoms with Gasteiger partial charge in [0.1, 0.15) is 5.82 Å². The lowest BCUT2D eigenvalue weighted by molar-refractivity contribution is -0.118. The first kappa shape index (κ1) is 18.2. The predicted molar refractivity (Wildman–Crippen MR) is 105 cm³/mol. The van der Waals surface area contributed by atoms with E-state index in [1.165, 1.54) is 22.9 Å². The van der Waals surface area contributed by atoms with Gasteiger partial charge in [0.25, 0.3) is 0 Å². The van der Waals surface area contributed by atoms with Crippen molar-refractivity contribution < 1.29 is 4.79 Å². The van der Waals surface area contributed by atoms with Crippen molar-refractivity contribution in [3.8, 4) is 5.69 Å². The molecule has 1 N–H and O–H groups in total. The molecule has 0 saturated carbocycles. The van der Waals surface area contributed by atoms with E-state index in [1.807, 2.05) is 54.8 Å². The number of hydrogen-bond acceptors (Lipinski definition) is 4. The zero-order valence-corrected chi connectivity index (χ0v) is 16.0. The third-order valence-electron chi connectivity index (χ3n) is 4.03. The standard InChI is InChI=1S/C20H22N4OS/c1-14-4-8-17(9-5-14)12-21-19(25)13-26-20-23-22-16(3)24(20)18-10-6-15(2)7-11-18/h4-11H,12-13H2,1-3H3,(H,21,25). The Morgan fingerprint density at radius 2 is 1.58 bits per heavy atom. The van der Waals surface area contributed by atoms with E-state index in [9.17, 15) is 4.79 Å². The Hall–Kier alpha value is -2.60. The number of carbonyl (C=O) groups excluding carboxylic acids is 1. The molecule has 5 nitrogen and oxygen atoms in total. The Bertz CT molecular complexity index is 885. The zero-order chi connectivity index (χ0) is 18.5. The van der Waals surface area contributed by atoms with E-state index in [0.717, 1.165) is 22.2 Å². The van der Waals surface area contributed by atoms with Gasteiger partial charge in [-0.05, 0) is 38.5 Å². The molecule has 1 amide bonds. The van der Waals surface area contributed by atoms with Crippen LogP contribution < -0.4 is 5.32 Å². The van der Waals surface area contributed by atoms with Crippen molar-refractivity contribution in [2.24, 2.45) is 0 Å². The fourth-order valence-corrected chi connectivity index (χ4v) is 3.34. The summed E-state index contributed by atoms with van der Waals surface area (Å²) in [5.74, 6) is 1.08. The topological polar surface area (TPSA) is 59.8 Å². The molecule has 2 aromatic carbocycles. The Morgan fingerprint density at radius 1 is 0.962 bits per heavy atom. The second-order valence-corrected chi connectivity index (χ2v) is 7.19. The van der Waals surface area contributed by atoms with Gasteiger partial charge in [0.05, 0.1) is 5.75 Å². The second kappa shape index (κ2) is 8.19. The van der Waals surface area contributed by atoms with E-state index in [1.54, 1.807) is 0 Å². The molecular formula is C20H22N4OS. The Balaban J connectivity index is 1.60. The molecule has 0 saturated heterocycles. The van der Waals surface area contributed by atoms with Crippen LogP contribution in [0.3, 0.4) is 0 Å². The van der Waals surface area contributed by atoms with Crippen molar-refractivity contribution in [1.82, 2.24) is 20.1 Å². The number of rotatable bonds is 6. The Kier molecular flexibility index (Phi) is 5.73. The van der Waals surface area contributed by atoms with Gasteiger partial charge < -0.3 is 5.32 Å². The first-order valence-corrected chi connectivity index (χ1v) is 9.45. The van der Waals surface area contributed by atoms with E-state index in [4.69, 9.17) is 0 Å². The predicted octanol–water partition coefficient (Wildman–Crippen LogP) is 3.60. The van der Waals surface area contributed by atoms with Crippen LogP contribution in [0.25, 0.3) is 5.69 Å². The molecule has 0 radical (unpaired) electrons. The number of amides is 1. The number of nitrogens with zero attached hydrogens (tertiary/aromatic N) is 3. The van der Waals surface area contributed by atoms with Gasteiger partial charge in [-0.2, -0.15) is 0 Å². The maximum absolute atomic E-state index is 12.2.